The summed E-state index contributed by atoms with van der Waals surface area (Å²) in [6.45, 7) is 0. The number of hydrogen-bond acceptors (Lipinski definition) is 2. The van der Waals surface area contributed by atoms with Crippen LogP contribution in [0.1, 0.15) is 19.3 Å². The molecule has 2 bridgehead atoms. The molecule has 0 radical (unpaired) electrons. The Bertz CT molecular complexity index is 167. The number of aliphatic hydroxyl groups is 1. The van der Waals surface area contributed by atoms with E-state index in [1.54, 1.807) is 0 Å². The van der Waals surface area contributed by atoms with Crippen LogP contribution < -0.4 is 0 Å². The molecule has 1 aliphatic heterocycles. The molecule has 0 aromatic rings. The minimum Gasteiger partial charge on any atom is -0.368 e. The molecule has 56 valence electrons. The fraction of sp³-hybridized carbons (Fsp3) is 1.00. The first-order chi connectivity index (χ1) is 4.84. The van der Waals surface area contributed by atoms with E-state index in [2.05, 4.69) is 0 Å². The van der Waals surface area contributed by atoms with E-state index in [1.807, 2.05) is 0 Å². The van der Waals surface area contributed by atoms with Crippen molar-refractivity contribution in [3.8, 4) is 0 Å². The molecule has 2 nitrogen and oxygen atoms in total. The lowest BCUT2D eigenvalue weighted by molar-refractivity contribution is -0.101. The summed E-state index contributed by atoms with van der Waals surface area (Å²) >= 11 is 0. The molecule has 3 rings (SSSR count). The van der Waals surface area contributed by atoms with Crippen molar-refractivity contribution in [3.63, 3.8) is 0 Å². The van der Waals surface area contributed by atoms with Crippen LogP contribution in [0.2, 0.25) is 0 Å². The van der Waals surface area contributed by atoms with Crippen LogP contribution in [0.5, 0.6) is 0 Å². The molecule has 3 fully saturated rings. The third kappa shape index (κ3) is 0.487. The van der Waals surface area contributed by atoms with Crippen molar-refractivity contribution in [3.05, 3.63) is 0 Å². The van der Waals surface area contributed by atoms with Gasteiger partial charge in [-0.15, -0.1) is 0 Å². The number of fused-ring (bicyclic) bond motifs is 1. The van der Waals surface area contributed by atoms with E-state index in [1.165, 1.54) is 19.3 Å². The van der Waals surface area contributed by atoms with Crippen LogP contribution in [0.25, 0.3) is 0 Å². The topological polar surface area (TPSA) is 29.5 Å². The van der Waals surface area contributed by atoms with Crippen molar-refractivity contribution < 1.29 is 9.84 Å². The van der Waals surface area contributed by atoms with E-state index < -0.39 is 6.29 Å². The third-order valence-electron chi connectivity index (χ3n) is 3.48. The minimum atomic E-state index is -0.414. The molecule has 10 heavy (non-hydrogen) atoms. The average Bonchev–Trinajstić information content (AvgIpc) is 2.44. The van der Waals surface area contributed by atoms with Crippen LogP contribution >= 0.6 is 0 Å². The van der Waals surface area contributed by atoms with Gasteiger partial charge in [0.1, 0.15) is 0 Å². The molecular formula is C8H12O2. The molecule has 1 saturated heterocycles. The molecule has 2 heteroatoms. The smallest absolute Gasteiger partial charge is 0.158 e. The lowest BCUT2D eigenvalue weighted by Crippen LogP contribution is -2.17. The van der Waals surface area contributed by atoms with Gasteiger partial charge in [-0.05, 0) is 31.1 Å². The molecule has 5 atom stereocenters. The summed E-state index contributed by atoms with van der Waals surface area (Å²) in [6.07, 6.45) is 3.79. The maximum atomic E-state index is 9.37. The molecule has 2 aliphatic carbocycles. The van der Waals surface area contributed by atoms with Gasteiger partial charge in [0, 0.05) is 5.92 Å². The van der Waals surface area contributed by atoms with Gasteiger partial charge in [-0.3, -0.25) is 0 Å². The molecule has 1 heterocycles. The van der Waals surface area contributed by atoms with Crippen LogP contribution in [-0.4, -0.2) is 17.5 Å². The zero-order valence-electron chi connectivity index (χ0n) is 5.86. The van der Waals surface area contributed by atoms with Gasteiger partial charge in [0.25, 0.3) is 0 Å². The molecule has 0 aromatic carbocycles. The Morgan fingerprint density at radius 1 is 1.10 bits per heavy atom. The maximum Gasteiger partial charge on any atom is 0.158 e. The first-order valence-corrected chi connectivity index (χ1v) is 4.18. The molecular weight excluding hydrogens is 128 g/mol. The summed E-state index contributed by atoms with van der Waals surface area (Å²) in [5.74, 6) is 2.11. The predicted molar refractivity (Wildman–Crippen MR) is 35.2 cm³/mol. The zero-order valence-corrected chi connectivity index (χ0v) is 5.86. The second-order valence-corrected chi connectivity index (χ2v) is 3.97. The van der Waals surface area contributed by atoms with Crippen molar-refractivity contribution in [2.24, 2.45) is 17.8 Å². The van der Waals surface area contributed by atoms with Crippen molar-refractivity contribution in [1.29, 1.82) is 0 Å². The van der Waals surface area contributed by atoms with Gasteiger partial charge in [-0.1, -0.05) is 0 Å². The Hall–Kier alpha value is -0.0800. The van der Waals surface area contributed by atoms with Crippen LogP contribution in [0.15, 0.2) is 0 Å². The van der Waals surface area contributed by atoms with Crippen LogP contribution in [0.3, 0.4) is 0 Å². The highest BCUT2D eigenvalue weighted by molar-refractivity contribution is 5.01. The van der Waals surface area contributed by atoms with Crippen molar-refractivity contribution in [1.82, 2.24) is 0 Å². The normalized spacial score (nSPS) is 63.9. The summed E-state index contributed by atoms with van der Waals surface area (Å²) in [5.41, 5.74) is 0. The summed E-state index contributed by atoms with van der Waals surface area (Å²) in [5, 5.41) is 9.37. The van der Waals surface area contributed by atoms with E-state index in [-0.39, 0.29) is 0 Å². The maximum absolute atomic E-state index is 9.37. The lowest BCUT2D eigenvalue weighted by atomic mass is 9.89. The molecule has 3 aliphatic rings. The molecule has 0 spiro atoms. The molecule has 1 unspecified atom stereocenters. The Morgan fingerprint density at radius 3 is 2.50 bits per heavy atom. The fourth-order valence-electron chi connectivity index (χ4n) is 3.10. The summed E-state index contributed by atoms with van der Waals surface area (Å²) < 4.78 is 5.39. The standard InChI is InChI=1S/C8H12O2/c9-8-6-2-4-1-5(6)7(3-4)10-8/h4-9H,1-3H2/t4-,5+,6-,7+,8?/m0/s1. The van der Waals surface area contributed by atoms with Crippen LogP contribution in [0.4, 0.5) is 0 Å². The minimum absolute atomic E-state index is 0.414. The van der Waals surface area contributed by atoms with Gasteiger partial charge in [-0.25, -0.2) is 0 Å². The highest BCUT2D eigenvalue weighted by Crippen LogP contribution is 2.55. The molecule has 1 N–H and O–H groups in total. The van der Waals surface area contributed by atoms with Gasteiger partial charge >= 0.3 is 0 Å². The lowest BCUT2D eigenvalue weighted by Gasteiger charge is -2.14. The Labute approximate surface area is 60.2 Å². The predicted octanol–water partition coefficient (Wildman–Crippen LogP) is 0.750. The quantitative estimate of drug-likeness (QED) is 0.538. The van der Waals surface area contributed by atoms with E-state index >= 15 is 0 Å². The number of aliphatic hydroxyl groups excluding tert-OH is 1. The van der Waals surface area contributed by atoms with Gasteiger partial charge in [0.15, 0.2) is 6.29 Å². The number of ether oxygens (including phenoxy) is 1. The first-order valence-electron chi connectivity index (χ1n) is 4.18. The summed E-state index contributed by atoms with van der Waals surface area (Å²) in [7, 11) is 0. The summed E-state index contributed by atoms with van der Waals surface area (Å²) in [4.78, 5) is 0. The third-order valence-corrected chi connectivity index (χ3v) is 3.48. The van der Waals surface area contributed by atoms with Crippen molar-refractivity contribution in [2.75, 3.05) is 0 Å². The monoisotopic (exact) mass is 140 g/mol. The second-order valence-electron chi connectivity index (χ2n) is 3.97. The van der Waals surface area contributed by atoms with Gasteiger partial charge < -0.3 is 9.84 Å². The second kappa shape index (κ2) is 1.56. The van der Waals surface area contributed by atoms with E-state index in [4.69, 9.17) is 4.74 Å². The van der Waals surface area contributed by atoms with Gasteiger partial charge in [0.05, 0.1) is 6.10 Å². The van der Waals surface area contributed by atoms with Crippen molar-refractivity contribution >= 4 is 0 Å². The highest BCUT2D eigenvalue weighted by atomic mass is 16.6. The Morgan fingerprint density at radius 2 is 1.90 bits per heavy atom. The van der Waals surface area contributed by atoms with Gasteiger partial charge in [-0.2, -0.15) is 0 Å². The Kier molecular flexibility index (Phi) is 0.868. The Balaban J connectivity index is 1.98. The first kappa shape index (κ1) is 5.56. The molecule has 0 amide bonds. The van der Waals surface area contributed by atoms with E-state index in [0.717, 1.165) is 11.8 Å². The molecule has 0 aromatic heterocycles. The van der Waals surface area contributed by atoms with Crippen LogP contribution in [0, 0.1) is 17.8 Å². The average molecular weight is 140 g/mol. The number of rotatable bonds is 0. The largest absolute Gasteiger partial charge is 0.368 e. The van der Waals surface area contributed by atoms with Gasteiger partial charge in [0.2, 0.25) is 0 Å². The summed E-state index contributed by atoms with van der Waals surface area (Å²) in [6, 6.07) is 0. The highest BCUT2D eigenvalue weighted by Gasteiger charge is 2.55. The number of hydrogen-bond donors (Lipinski definition) is 1. The SMILES string of the molecule is OC1O[C@@H]2C[C@H]3C[C@@H]2[C@@H]1C3. The van der Waals surface area contributed by atoms with Crippen molar-refractivity contribution in [2.45, 2.75) is 31.7 Å². The fourth-order valence-corrected chi connectivity index (χ4v) is 3.10. The van der Waals surface area contributed by atoms with Crippen LogP contribution in [-0.2, 0) is 4.74 Å². The van der Waals surface area contributed by atoms with E-state index in [9.17, 15) is 5.11 Å². The molecule has 2 saturated carbocycles. The zero-order chi connectivity index (χ0) is 6.72. The van der Waals surface area contributed by atoms with E-state index in [0.29, 0.717) is 12.0 Å².